The van der Waals surface area contributed by atoms with Crippen LogP contribution in [0.2, 0.25) is 0 Å². The summed E-state index contributed by atoms with van der Waals surface area (Å²) in [6.07, 6.45) is 11.1. The molecule has 0 atom stereocenters. The largest absolute Gasteiger partial charge is 0.453 e. The highest BCUT2D eigenvalue weighted by atomic mass is 16.5. The monoisotopic (exact) mass is 473 g/mol. The molecule has 0 spiro atoms. The summed E-state index contributed by atoms with van der Waals surface area (Å²) >= 11 is 0. The minimum atomic E-state index is -0.662. The number of hydrogen-bond donors (Lipinski definition) is 2. The zero-order valence-corrected chi connectivity index (χ0v) is 21.0. The van der Waals surface area contributed by atoms with Crippen LogP contribution >= 0.6 is 0 Å². The minimum Gasteiger partial charge on any atom is -0.453 e. The number of ether oxygens (including phenoxy) is 2. The van der Waals surface area contributed by atoms with Crippen LogP contribution < -0.4 is 15.5 Å². The second-order valence-electron chi connectivity index (χ2n) is 10.8. The maximum Gasteiger partial charge on any atom is 0.407 e. The molecule has 1 heterocycles. The number of alkyl carbamates (subject to hydrolysis) is 1. The number of aromatic nitrogens is 2. The molecule has 2 N–H and O–H groups in total. The minimum absolute atomic E-state index is 0.0664. The molecule has 1 aromatic rings. The highest BCUT2D eigenvalue weighted by molar-refractivity contribution is 5.99. The van der Waals surface area contributed by atoms with Gasteiger partial charge in [-0.1, -0.05) is 0 Å². The molecule has 9 nitrogen and oxygen atoms in total. The molecule has 0 saturated heterocycles. The topological polar surface area (TPSA) is 97.7 Å². The summed E-state index contributed by atoms with van der Waals surface area (Å²) in [5.74, 6) is 3.57. The third-order valence-electron chi connectivity index (χ3n) is 7.77. The number of hydrogen-bond acceptors (Lipinski definition) is 6. The normalized spacial score (nSPS) is 27.7. The van der Waals surface area contributed by atoms with Gasteiger partial charge in [-0.05, 0) is 75.7 Å². The molecule has 5 rings (SSSR count). The Hall–Kier alpha value is -2.55. The lowest BCUT2D eigenvalue weighted by Gasteiger charge is -2.54. The van der Waals surface area contributed by atoms with E-state index in [1.54, 1.807) is 24.2 Å². The van der Waals surface area contributed by atoms with Gasteiger partial charge in [0.05, 0.1) is 25.5 Å². The van der Waals surface area contributed by atoms with Gasteiger partial charge in [-0.2, -0.15) is 5.10 Å². The zero-order chi connectivity index (χ0) is 24.5. The van der Waals surface area contributed by atoms with Crippen molar-refractivity contribution in [2.24, 2.45) is 23.7 Å². The van der Waals surface area contributed by atoms with E-state index in [1.807, 2.05) is 31.9 Å². The summed E-state index contributed by atoms with van der Waals surface area (Å²) in [5, 5.41) is 10.7. The van der Waals surface area contributed by atoms with Gasteiger partial charge in [0.15, 0.2) is 0 Å². The van der Waals surface area contributed by atoms with Crippen LogP contribution in [0, 0.1) is 23.7 Å². The standard InChI is InChI=1S/C25H39N5O4/c1-25(2,28-24(32)34-5)6-7-30-23(29(3)8-9-33-4)20(15-26-30)22(31)27-21-18-11-16-10-17(13-18)14-19(21)12-16/h6-7,15-19,21H,8-14H2,1-5H3,(H,27,31)(H,28,32)/b7-6+. The average molecular weight is 474 g/mol. The quantitative estimate of drug-likeness (QED) is 0.572. The fraction of sp³-hybridized carbons (Fsp3) is 0.720. The predicted molar refractivity (Wildman–Crippen MR) is 131 cm³/mol. The van der Waals surface area contributed by atoms with Gasteiger partial charge in [0, 0.05) is 32.9 Å². The average Bonchev–Trinajstić information content (AvgIpc) is 3.22. The van der Waals surface area contributed by atoms with Gasteiger partial charge in [-0.15, -0.1) is 0 Å². The van der Waals surface area contributed by atoms with E-state index in [-0.39, 0.29) is 11.9 Å². The maximum absolute atomic E-state index is 13.5. The second kappa shape index (κ2) is 9.98. The van der Waals surface area contributed by atoms with Crippen LogP contribution in [-0.4, -0.2) is 67.8 Å². The number of rotatable bonds is 9. The van der Waals surface area contributed by atoms with Crippen molar-refractivity contribution < 1.29 is 19.1 Å². The van der Waals surface area contributed by atoms with Crippen LogP contribution in [0.1, 0.15) is 56.3 Å². The number of nitrogens with zero attached hydrogens (tertiary/aromatic N) is 3. The summed E-state index contributed by atoms with van der Waals surface area (Å²) in [5.41, 5.74) is -0.111. The molecule has 4 fully saturated rings. The van der Waals surface area contributed by atoms with Crippen molar-refractivity contribution >= 4 is 24.0 Å². The first kappa shape index (κ1) is 24.6. The fourth-order valence-corrected chi connectivity index (χ4v) is 6.34. The maximum atomic E-state index is 13.5. The van der Waals surface area contributed by atoms with Gasteiger partial charge in [-0.3, -0.25) is 4.79 Å². The van der Waals surface area contributed by atoms with Crippen molar-refractivity contribution in [3.05, 3.63) is 17.8 Å². The highest BCUT2D eigenvalue weighted by Crippen LogP contribution is 2.53. The first-order chi connectivity index (χ1) is 16.2. The van der Waals surface area contributed by atoms with Crippen LogP contribution in [0.25, 0.3) is 6.20 Å². The summed E-state index contributed by atoms with van der Waals surface area (Å²) in [6.45, 7) is 4.85. The van der Waals surface area contributed by atoms with Crippen molar-refractivity contribution in [2.45, 2.75) is 57.5 Å². The van der Waals surface area contributed by atoms with Crippen molar-refractivity contribution in [1.82, 2.24) is 20.4 Å². The lowest BCUT2D eigenvalue weighted by Crippen LogP contribution is -2.55. The summed E-state index contributed by atoms with van der Waals surface area (Å²) in [7, 11) is 4.92. The third kappa shape index (κ3) is 5.24. The van der Waals surface area contributed by atoms with Gasteiger partial charge >= 0.3 is 6.09 Å². The van der Waals surface area contributed by atoms with Crippen molar-refractivity contribution in [3.63, 3.8) is 0 Å². The van der Waals surface area contributed by atoms with E-state index >= 15 is 0 Å². The van der Waals surface area contributed by atoms with E-state index in [0.29, 0.717) is 36.4 Å². The van der Waals surface area contributed by atoms with Gasteiger partial charge in [0.2, 0.25) is 0 Å². The Morgan fingerprint density at radius 3 is 2.41 bits per heavy atom. The van der Waals surface area contributed by atoms with Gasteiger partial charge < -0.3 is 25.0 Å². The Balaban J connectivity index is 1.54. The molecule has 188 valence electrons. The molecular weight excluding hydrogens is 434 g/mol. The van der Waals surface area contributed by atoms with E-state index in [0.717, 1.165) is 11.8 Å². The number of carbonyl (C=O) groups is 2. The molecule has 0 radical (unpaired) electrons. The Kier molecular flexibility index (Phi) is 7.21. The van der Waals surface area contributed by atoms with Crippen LogP contribution in [0.3, 0.4) is 0 Å². The van der Waals surface area contributed by atoms with E-state index in [9.17, 15) is 9.59 Å². The SMILES string of the molecule is COCCN(C)c1c(C(=O)NC2C3CC4CC(C3)CC2C4)cnn1/C=C/C(C)(C)NC(=O)OC. The Bertz CT molecular complexity index is 896. The Morgan fingerprint density at radius 2 is 1.82 bits per heavy atom. The smallest absolute Gasteiger partial charge is 0.407 e. The van der Waals surface area contributed by atoms with E-state index in [1.165, 1.54) is 39.2 Å². The molecule has 4 saturated carbocycles. The molecular formula is C25H39N5O4. The molecule has 0 unspecified atom stereocenters. The number of likely N-dealkylation sites (N-methyl/N-ethyl adjacent to an activating group) is 1. The Labute approximate surface area is 202 Å². The number of methoxy groups -OCH3 is 2. The van der Waals surface area contributed by atoms with Crippen molar-refractivity contribution in [2.75, 3.05) is 39.3 Å². The fourth-order valence-electron chi connectivity index (χ4n) is 6.34. The predicted octanol–water partition coefficient (Wildman–Crippen LogP) is 3.13. The van der Waals surface area contributed by atoms with Crippen LogP contribution in [0.4, 0.5) is 10.6 Å². The molecule has 0 aliphatic heterocycles. The van der Waals surface area contributed by atoms with Gasteiger partial charge in [-0.25, -0.2) is 9.48 Å². The van der Waals surface area contributed by atoms with Crippen LogP contribution in [0.5, 0.6) is 0 Å². The van der Waals surface area contributed by atoms with Crippen LogP contribution in [-0.2, 0) is 9.47 Å². The van der Waals surface area contributed by atoms with Crippen LogP contribution in [0.15, 0.2) is 12.3 Å². The van der Waals surface area contributed by atoms with Gasteiger partial charge in [0.25, 0.3) is 5.91 Å². The summed E-state index contributed by atoms with van der Waals surface area (Å²) < 4.78 is 11.6. The van der Waals surface area contributed by atoms with E-state index in [2.05, 4.69) is 15.7 Å². The number of amides is 2. The molecule has 9 heteroatoms. The first-order valence-corrected chi connectivity index (χ1v) is 12.3. The molecule has 1 aromatic heterocycles. The third-order valence-corrected chi connectivity index (χ3v) is 7.77. The summed E-state index contributed by atoms with van der Waals surface area (Å²) in [6, 6.07) is 0.263. The lowest BCUT2D eigenvalue weighted by molar-refractivity contribution is -0.0119. The summed E-state index contributed by atoms with van der Waals surface area (Å²) in [4.78, 5) is 27.1. The molecule has 4 aliphatic carbocycles. The van der Waals surface area contributed by atoms with Crippen molar-refractivity contribution in [1.29, 1.82) is 0 Å². The molecule has 4 aliphatic rings. The highest BCUT2D eigenvalue weighted by Gasteiger charge is 2.48. The number of anilines is 1. The molecule has 2 amide bonds. The molecule has 34 heavy (non-hydrogen) atoms. The first-order valence-electron chi connectivity index (χ1n) is 12.3. The van der Waals surface area contributed by atoms with Gasteiger partial charge in [0.1, 0.15) is 11.4 Å². The zero-order valence-electron chi connectivity index (χ0n) is 21.0. The Morgan fingerprint density at radius 1 is 1.18 bits per heavy atom. The second-order valence-corrected chi connectivity index (χ2v) is 10.8. The van der Waals surface area contributed by atoms with E-state index in [4.69, 9.17) is 9.47 Å². The van der Waals surface area contributed by atoms with E-state index < -0.39 is 11.6 Å². The molecule has 4 bridgehead atoms. The number of nitrogens with one attached hydrogen (secondary N) is 2. The lowest BCUT2D eigenvalue weighted by atomic mass is 9.54. The van der Waals surface area contributed by atoms with Crippen molar-refractivity contribution in [3.8, 4) is 0 Å². The number of carbonyl (C=O) groups excluding carboxylic acids is 2. The molecule has 0 aromatic carbocycles.